The summed E-state index contributed by atoms with van der Waals surface area (Å²) in [7, 11) is 0. The molecule has 3 aliphatic heterocycles. The highest BCUT2D eigenvalue weighted by molar-refractivity contribution is 7.99. The first-order valence-corrected chi connectivity index (χ1v) is 13.5. The molecule has 0 atom stereocenters. The fourth-order valence-electron chi connectivity index (χ4n) is 5.25. The largest absolute Gasteiger partial charge is 0.393 e. The molecule has 10 heteroatoms. The van der Waals surface area contributed by atoms with Gasteiger partial charge in [0.05, 0.1) is 23.9 Å². The Morgan fingerprint density at radius 2 is 1.83 bits per heavy atom. The quantitative estimate of drug-likeness (QED) is 0.552. The number of fused-ring (bicyclic) bond motifs is 1. The van der Waals surface area contributed by atoms with Crippen LogP contribution in [0.4, 0.5) is 11.6 Å². The number of ether oxygens (including phenoxy) is 1. The van der Waals surface area contributed by atoms with Gasteiger partial charge in [-0.1, -0.05) is 23.4 Å². The Labute approximate surface area is 214 Å². The molecule has 1 N–H and O–H groups in total. The van der Waals surface area contributed by atoms with E-state index in [1.165, 1.54) is 18.2 Å². The van der Waals surface area contributed by atoms with E-state index in [4.69, 9.17) is 26.3 Å². The van der Waals surface area contributed by atoms with Crippen LogP contribution in [0.3, 0.4) is 0 Å². The molecule has 3 fully saturated rings. The zero-order valence-electron chi connectivity index (χ0n) is 19.6. The number of anilines is 2. The van der Waals surface area contributed by atoms with Crippen molar-refractivity contribution >= 4 is 46.2 Å². The number of hydrogen-bond acceptors (Lipinski definition) is 9. The van der Waals surface area contributed by atoms with Gasteiger partial charge in [-0.15, -0.1) is 0 Å². The maximum Gasteiger partial charge on any atom is 0.179 e. The average molecular weight is 513 g/mol. The number of piperidine rings is 2. The first-order chi connectivity index (χ1) is 17.1. The van der Waals surface area contributed by atoms with Crippen molar-refractivity contribution in [2.45, 2.75) is 48.1 Å². The van der Waals surface area contributed by atoms with Crippen LogP contribution in [-0.2, 0) is 4.74 Å². The van der Waals surface area contributed by atoms with Gasteiger partial charge in [0, 0.05) is 43.9 Å². The number of aliphatic hydroxyl groups excluding tert-OH is 1. The van der Waals surface area contributed by atoms with Gasteiger partial charge in [-0.2, -0.15) is 0 Å². The van der Waals surface area contributed by atoms with Crippen LogP contribution in [0, 0.1) is 5.41 Å². The van der Waals surface area contributed by atoms with Gasteiger partial charge in [-0.3, -0.25) is 0 Å². The van der Waals surface area contributed by atoms with E-state index in [-0.39, 0.29) is 6.10 Å². The van der Waals surface area contributed by atoms with Crippen molar-refractivity contribution in [1.29, 1.82) is 0 Å². The fourth-order valence-corrected chi connectivity index (χ4v) is 6.40. The molecular formula is C25H29ClN6O2S. The van der Waals surface area contributed by atoms with E-state index in [9.17, 15) is 5.11 Å². The zero-order valence-corrected chi connectivity index (χ0v) is 21.1. The van der Waals surface area contributed by atoms with Gasteiger partial charge in [0.15, 0.2) is 5.65 Å². The minimum Gasteiger partial charge on any atom is -0.393 e. The molecule has 3 aliphatic rings. The maximum atomic E-state index is 9.80. The third kappa shape index (κ3) is 4.79. The smallest absolute Gasteiger partial charge is 0.179 e. The van der Waals surface area contributed by atoms with Crippen LogP contribution >= 0.6 is 23.4 Å². The minimum absolute atomic E-state index is 0.237. The molecule has 0 radical (unpaired) electrons. The molecule has 8 nitrogen and oxygen atoms in total. The van der Waals surface area contributed by atoms with Crippen LogP contribution in [-0.4, -0.2) is 70.5 Å². The second-order valence-electron chi connectivity index (χ2n) is 9.78. The lowest BCUT2D eigenvalue weighted by Gasteiger charge is -2.38. The van der Waals surface area contributed by atoms with Crippen molar-refractivity contribution in [2.24, 2.45) is 5.41 Å². The van der Waals surface area contributed by atoms with Crippen molar-refractivity contribution in [3.8, 4) is 0 Å². The van der Waals surface area contributed by atoms with E-state index < -0.39 is 0 Å². The molecule has 6 heterocycles. The Balaban J connectivity index is 1.17. The van der Waals surface area contributed by atoms with E-state index in [1.807, 2.05) is 24.4 Å². The van der Waals surface area contributed by atoms with Crippen LogP contribution in [0.15, 0.2) is 40.5 Å². The maximum absolute atomic E-state index is 9.80. The first-order valence-electron chi connectivity index (χ1n) is 12.3. The van der Waals surface area contributed by atoms with Crippen LogP contribution in [0.25, 0.3) is 11.2 Å². The molecule has 35 heavy (non-hydrogen) atoms. The van der Waals surface area contributed by atoms with E-state index in [0.717, 1.165) is 92.1 Å². The lowest BCUT2D eigenvalue weighted by Crippen LogP contribution is -2.40. The molecule has 0 aromatic carbocycles. The van der Waals surface area contributed by atoms with Crippen LogP contribution < -0.4 is 9.80 Å². The molecule has 0 amide bonds. The van der Waals surface area contributed by atoms with E-state index in [2.05, 4.69) is 19.8 Å². The van der Waals surface area contributed by atoms with Crippen molar-refractivity contribution in [3.05, 3.63) is 35.6 Å². The topological polar surface area (TPSA) is 87.5 Å². The Morgan fingerprint density at radius 3 is 2.60 bits per heavy atom. The number of aliphatic hydroxyl groups is 1. The standard InChI is InChI=1S/C25H29ClN6O2S/c26-22-19(3-9-27-24(22)32-10-4-17(33)5-11-32)35-21-2-1-18-23(30-21)28-15-20(29-18)31-12-6-25(7-13-31)8-14-34-16-25/h1-3,9,15,17,33H,4-8,10-14,16H2. The lowest BCUT2D eigenvalue weighted by molar-refractivity contribution is 0.133. The summed E-state index contributed by atoms with van der Waals surface area (Å²) in [6.07, 6.45) is 8.32. The van der Waals surface area contributed by atoms with Crippen molar-refractivity contribution in [3.63, 3.8) is 0 Å². The second-order valence-corrected chi connectivity index (χ2v) is 11.2. The van der Waals surface area contributed by atoms with Gasteiger partial charge in [-0.25, -0.2) is 19.9 Å². The monoisotopic (exact) mass is 512 g/mol. The van der Waals surface area contributed by atoms with Crippen molar-refractivity contribution in [2.75, 3.05) is 49.2 Å². The molecule has 0 bridgehead atoms. The number of halogens is 1. The number of rotatable bonds is 4. The predicted octanol–water partition coefficient (Wildman–Crippen LogP) is 4.19. The molecule has 1 spiro atoms. The molecule has 0 unspecified atom stereocenters. The van der Waals surface area contributed by atoms with E-state index in [1.54, 1.807) is 6.20 Å². The molecule has 3 aromatic rings. The van der Waals surface area contributed by atoms with Crippen LogP contribution in [0.1, 0.15) is 32.1 Å². The summed E-state index contributed by atoms with van der Waals surface area (Å²) in [6, 6.07) is 5.87. The van der Waals surface area contributed by atoms with Gasteiger partial charge in [0.1, 0.15) is 22.2 Å². The summed E-state index contributed by atoms with van der Waals surface area (Å²) in [5.41, 5.74) is 1.80. The molecule has 184 valence electrons. The second kappa shape index (κ2) is 9.69. The normalized spacial score (nSPS) is 20.7. The Morgan fingerprint density at radius 1 is 1.00 bits per heavy atom. The molecular weight excluding hydrogens is 484 g/mol. The summed E-state index contributed by atoms with van der Waals surface area (Å²) in [5.74, 6) is 1.68. The fraction of sp³-hybridized carbons (Fsp3) is 0.520. The molecule has 0 saturated carbocycles. The highest BCUT2D eigenvalue weighted by Crippen LogP contribution is 2.40. The zero-order chi connectivity index (χ0) is 23.8. The number of aromatic nitrogens is 4. The van der Waals surface area contributed by atoms with E-state index >= 15 is 0 Å². The summed E-state index contributed by atoms with van der Waals surface area (Å²) < 4.78 is 5.66. The van der Waals surface area contributed by atoms with Crippen LogP contribution in [0.5, 0.6) is 0 Å². The number of nitrogens with zero attached hydrogens (tertiary/aromatic N) is 6. The van der Waals surface area contributed by atoms with Gasteiger partial charge in [0.2, 0.25) is 0 Å². The van der Waals surface area contributed by atoms with Crippen molar-refractivity contribution < 1.29 is 9.84 Å². The summed E-state index contributed by atoms with van der Waals surface area (Å²) in [4.78, 5) is 24.1. The molecule has 0 aliphatic carbocycles. The van der Waals surface area contributed by atoms with E-state index in [0.29, 0.717) is 16.1 Å². The highest BCUT2D eigenvalue weighted by Gasteiger charge is 2.38. The predicted molar refractivity (Wildman–Crippen MR) is 137 cm³/mol. The number of hydrogen-bond donors (Lipinski definition) is 1. The summed E-state index contributed by atoms with van der Waals surface area (Å²) in [6.45, 7) is 5.28. The third-order valence-electron chi connectivity index (χ3n) is 7.51. The highest BCUT2D eigenvalue weighted by atomic mass is 35.5. The summed E-state index contributed by atoms with van der Waals surface area (Å²) >= 11 is 8.24. The number of pyridine rings is 2. The minimum atomic E-state index is -0.237. The van der Waals surface area contributed by atoms with Crippen molar-refractivity contribution in [1.82, 2.24) is 19.9 Å². The van der Waals surface area contributed by atoms with Gasteiger partial charge in [-0.05, 0) is 55.7 Å². The third-order valence-corrected chi connectivity index (χ3v) is 8.99. The molecule has 3 aromatic heterocycles. The Kier molecular flexibility index (Phi) is 6.43. The van der Waals surface area contributed by atoms with Gasteiger partial charge >= 0.3 is 0 Å². The summed E-state index contributed by atoms with van der Waals surface area (Å²) in [5, 5.41) is 11.2. The van der Waals surface area contributed by atoms with Crippen LogP contribution in [0.2, 0.25) is 5.02 Å². The molecule has 6 rings (SSSR count). The van der Waals surface area contributed by atoms with Gasteiger partial charge < -0.3 is 19.6 Å². The average Bonchev–Trinajstić information content (AvgIpc) is 3.34. The Bertz CT molecular complexity index is 1210. The first kappa shape index (κ1) is 23.2. The molecule has 3 saturated heterocycles. The van der Waals surface area contributed by atoms with Gasteiger partial charge in [0.25, 0.3) is 0 Å². The SMILES string of the molecule is OC1CCN(c2nccc(Sc3ccc4nc(N5CCC6(CCOC6)CC5)cnc4n3)c2Cl)CC1. The Hall–Kier alpha value is -2.20. The lowest BCUT2D eigenvalue weighted by atomic mass is 9.78.